The van der Waals surface area contributed by atoms with E-state index in [0.29, 0.717) is 0 Å². The van der Waals surface area contributed by atoms with Gasteiger partial charge < -0.3 is 0 Å². The van der Waals surface area contributed by atoms with Crippen molar-refractivity contribution in [3.05, 3.63) is 30.1 Å². The minimum atomic E-state index is -4.35. The topological polar surface area (TPSA) is 17.8 Å². The summed E-state index contributed by atoms with van der Waals surface area (Å²) >= 11 is 0. The number of hydrogen-bond acceptors (Lipinski definition) is 1. The summed E-state index contributed by atoms with van der Waals surface area (Å²) in [6.45, 7) is 0. The lowest BCUT2D eigenvalue weighted by Gasteiger charge is -2.15. The van der Waals surface area contributed by atoms with Crippen molar-refractivity contribution < 1.29 is 13.2 Å². The Kier molecular flexibility index (Phi) is 3.54. The second-order valence-corrected chi connectivity index (χ2v) is 4.31. The van der Waals surface area contributed by atoms with Crippen molar-refractivity contribution in [2.75, 3.05) is 0 Å². The molecule has 1 aliphatic rings. The normalized spacial score (nSPS) is 24.1. The highest BCUT2D eigenvalue weighted by molar-refractivity contribution is 5.06. The fourth-order valence-corrected chi connectivity index (χ4v) is 2.04. The standard InChI is InChI=1S/C12H15F3N2/c13-12(14,15)11-8-9-17(16-11)10-6-4-2-1-3-5-7-10/h4,6,8-10H,1-3,5,7H2/b6-4+. The molecule has 0 fully saturated rings. The molecule has 2 rings (SSSR count). The van der Waals surface area contributed by atoms with Gasteiger partial charge in [-0.15, -0.1) is 0 Å². The number of hydrogen-bond donors (Lipinski definition) is 0. The molecule has 0 amide bonds. The molecule has 1 aromatic heterocycles. The van der Waals surface area contributed by atoms with Crippen LogP contribution in [0.5, 0.6) is 0 Å². The van der Waals surface area contributed by atoms with Gasteiger partial charge in [0.1, 0.15) is 0 Å². The fraction of sp³-hybridized carbons (Fsp3) is 0.583. The van der Waals surface area contributed by atoms with Crippen molar-refractivity contribution in [2.45, 2.75) is 44.3 Å². The Labute approximate surface area is 98.1 Å². The molecular formula is C12H15F3N2. The lowest BCUT2D eigenvalue weighted by molar-refractivity contribution is -0.141. The predicted molar refractivity (Wildman–Crippen MR) is 58.5 cm³/mol. The molecule has 17 heavy (non-hydrogen) atoms. The molecule has 0 aromatic carbocycles. The predicted octanol–water partition coefficient (Wildman–Crippen LogP) is 3.96. The van der Waals surface area contributed by atoms with Crippen LogP contribution in [-0.4, -0.2) is 9.78 Å². The molecule has 1 aromatic rings. The quantitative estimate of drug-likeness (QED) is 0.683. The third kappa shape index (κ3) is 3.11. The molecule has 0 spiro atoms. The second-order valence-electron chi connectivity index (χ2n) is 4.31. The third-order valence-corrected chi connectivity index (χ3v) is 2.97. The van der Waals surface area contributed by atoms with Crippen LogP contribution in [0.15, 0.2) is 24.4 Å². The molecule has 1 aliphatic carbocycles. The van der Waals surface area contributed by atoms with Crippen LogP contribution in [-0.2, 0) is 6.18 Å². The molecule has 0 radical (unpaired) electrons. The average Bonchev–Trinajstić information content (AvgIpc) is 2.65. The summed E-state index contributed by atoms with van der Waals surface area (Å²) in [5, 5.41) is 3.62. The van der Waals surface area contributed by atoms with Gasteiger partial charge in [0.25, 0.3) is 0 Å². The van der Waals surface area contributed by atoms with Gasteiger partial charge in [0, 0.05) is 6.20 Å². The van der Waals surface area contributed by atoms with Gasteiger partial charge in [0.05, 0.1) is 6.04 Å². The summed E-state index contributed by atoms with van der Waals surface area (Å²) in [5.41, 5.74) is -0.812. The van der Waals surface area contributed by atoms with E-state index in [-0.39, 0.29) is 6.04 Å². The van der Waals surface area contributed by atoms with Crippen LogP contribution < -0.4 is 0 Å². The zero-order valence-electron chi connectivity index (χ0n) is 9.45. The number of halogens is 3. The van der Waals surface area contributed by atoms with E-state index in [0.717, 1.165) is 38.2 Å². The van der Waals surface area contributed by atoms with Gasteiger partial charge in [0.2, 0.25) is 0 Å². The number of allylic oxidation sites excluding steroid dienone is 2. The smallest absolute Gasteiger partial charge is 0.265 e. The van der Waals surface area contributed by atoms with Gasteiger partial charge in [-0.3, -0.25) is 4.68 Å². The summed E-state index contributed by atoms with van der Waals surface area (Å²) in [4.78, 5) is 0. The van der Waals surface area contributed by atoms with E-state index >= 15 is 0 Å². The van der Waals surface area contributed by atoms with Crippen molar-refractivity contribution in [2.24, 2.45) is 0 Å². The molecule has 94 valence electrons. The highest BCUT2D eigenvalue weighted by Gasteiger charge is 2.33. The van der Waals surface area contributed by atoms with E-state index in [9.17, 15) is 13.2 Å². The molecule has 1 unspecified atom stereocenters. The Morgan fingerprint density at radius 2 is 2.06 bits per heavy atom. The summed E-state index contributed by atoms with van der Waals surface area (Å²) in [5.74, 6) is 0. The summed E-state index contributed by atoms with van der Waals surface area (Å²) in [6.07, 6.45) is 6.26. The van der Waals surface area contributed by atoms with E-state index in [1.165, 1.54) is 10.9 Å². The number of nitrogens with zero attached hydrogens (tertiary/aromatic N) is 2. The van der Waals surface area contributed by atoms with Crippen LogP contribution in [0.2, 0.25) is 0 Å². The van der Waals surface area contributed by atoms with Crippen molar-refractivity contribution in [3.8, 4) is 0 Å². The Balaban J connectivity index is 2.15. The maximum Gasteiger partial charge on any atom is 0.435 e. The number of rotatable bonds is 1. The van der Waals surface area contributed by atoms with Gasteiger partial charge in [-0.25, -0.2) is 0 Å². The lowest BCUT2D eigenvalue weighted by atomic mass is 10.0. The lowest BCUT2D eigenvalue weighted by Crippen LogP contribution is -2.12. The SMILES string of the molecule is FC(F)(F)c1ccn(C2/C=C/CCCCC2)n1. The highest BCUT2D eigenvalue weighted by atomic mass is 19.4. The van der Waals surface area contributed by atoms with Crippen molar-refractivity contribution >= 4 is 0 Å². The van der Waals surface area contributed by atoms with E-state index in [2.05, 4.69) is 5.10 Å². The first kappa shape index (κ1) is 12.2. The second kappa shape index (κ2) is 4.94. The minimum absolute atomic E-state index is 0.0357. The highest BCUT2D eigenvalue weighted by Crippen LogP contribution is 2.29. The maximum absolute atomic E-state index is 12.4. The van der Waals surface area contributed by atoms with E-state index in [1.54, 1.807) is 0 Å². The van der Waals surface area contributed by atoms with Gasteiger partial charge in [-0.05, 0) is 25.3 Å². The van der Waals surface area contributed by atoms with E-state index in [1.807, 2.05) is 12.2 Å². The van der Waals surface area contributed by atoms with Crippen LogP contribution in [0.3, 0.4) is 0 Å². The van der Waals surface area contributed by atoms with Crippen molar-refractivity contribution in [1.29, 1.82) is 0 Å². The summed E-state index contributed by atoms with van der Waals surface area (Å²) in [7, 11) is 0. The van der Waals surface area contributed by atoms with Crippen LogP contribution in [0.25, 0.3) is 0 Å². The Morgan fingerprint density at radius 1 is 1.24 bits per heavy atom. The minimum Gasteiger partial charge on any atom is -0.265 e. The van der Waals surface area contributed by atoms with Crippen molar-refractivity contribution in [3.63, 3.8) is 0 Å². The number of alkyl halides is 3. The average molecular weight is 244 g/mol. The Bertz CT molecular complexity index is 393. The van der Waals surface area contributed by atoms with E-state index in [4.69, 9.17) is 0 Å². The molecule has 0 aliphatic heterocycles. The largest absolute Gasteiger partial charge is 0.435 e. The van der Waals surface area contributed by atoms with Gasteiger partial charge in [0.15, 0.2) is 5.69 Å². The van der Waals surface area contributed by atoms with Crippen LogP contribution in [0.1, 0.15) is 43.8 Å². The van der Waals surface area contributed by atoms with E-state index < -0.39 is 11.9 Å². The molecule has 0 bridgehead atoms. The zero-order chi connectivity index (χ0) is 12.3. The first-order valence-electron chi connectivity index (χ1n) is 5.86. The zero-order valence-corrected chi connectivity index (χ0v) is 9.45. The third-order valence-electron chi connectivity index (χ3n) is 2.97. The van der Waals surface area contributed by atoms with Crippen LogP contribution in [0, 0.1) is 0 Å². The molecule has 0 saturated heterocycles. The summed E-state index contributed by atoms with van der Waals surface area (Å²) < 4.78 is 38.7. The molecule has 0 saturated carbocycles. The van der Waals surface area contributed by atoms with Crippen molar-refractivity contribution in [1.82, 2.24) is 9.78 Å². The number of aromatic nitrogens is 2. The molecule has 0 N–H and O–H groups in total. The molecule has 5 heteroatoms. The monoisotopic (exact) mass is 244 g/mol. The van der Waals surface area contributed by atoms with Gasteiger partial charge in [-0.2, -0.15) is 18.3 Å². The molecular weight excluding hydrogens is 229 g/mol. The van der Waals surface area contributed by atoms with Crippen LogP contribution >= 0.6 is 0 Å². The molecule has 1 heterocycles. The summed E-state index contributed by atoms with van der Waals surface area (Å²) in [6, 6.07) is 0.999. The maximum atomic E-state index is 12.4. The van der Waals surface area contributed by atoms with Crippen LogP contribution in [0.4, 0.5) is 13.2 Å². The fourth-order valence-electron chi connectivity index (χ4n) is 2.04. The molecule has 2 nitrogen and oxygen atoms in total. The molecule has 1 atom stereocenters. The Hall–Kier alpha value is -1.26. The Morgan fingerprint density at radius 3 is 2.76 bits per heavy atom. The van der Waals surface area contributed by atoms with Gasteiger partial charge in [-0.1, -0.05) is 25.0 Å². The first-order chi connectivity index (χ1) is 8.07. The first-order valence-corrected chi connectivity index (χ1v) is 5.86. The van der Waals surface area contributed by atoms with Gasteiger partial charge >= 0.3 is 6.18 Å².